The third-order valence-electron chi connectivity index (χ3n) is 3.68. The van der Waals surface area contributed by atoms with Crippen LogP contribution in [0.15, 0.2) is 0 Å². The zero-order chi connectivity index (χ0) is 19.2. The first-order chi connectivity index (χ1) is 11.8. The highest BCUT2D eigenvalue weighted by Gasteiger charge is 2.34. The average Bonchev–Trinajstić information content (AvgIpc) is 2.54. The van der Waals surface area contributed by atoms with Crippen LogP contribution in [0.25, 0.3) is 0 Å². The highest BCUT2D eigenvalue weighted by atomic mass is 32.1. The molecule has 4 atom stereocenters. The van der Waals surface area contributed by atoms with Gasteiger partial charge in [0.25, 0.3) is 0 Å². The second-order valence-electron chi connectivity index (χ2n) is 6.88. The quantitative estimate of drug-likeness (QED) is 0.326. The highest BCUT2D eigenvalue weighted by molar-refractivity contribution is 7.80. The Balaban J connectivity index is 5.17. The summed E-state index contributed by atoms with van der Waals surface area (Å²) in [5, 5.41) is 0. The van der Waals surface area contributed by atoms with Crippen LogP contribution < -0.4 is 0 Å². The molecule has 0 bridgehead atoms. The van der Waals surface area contributed by atoms with Gasteiger partial charge >= 0.3 is 0 Å². The van der Waals surface area contributed by atoms with Crippen molar-refractivity contribution in [3.63, 3.8) is 0 Å². The summed E-state index contributed by atoms with van der Waals surface area (Å²) in [4.78, 5) is 0. The van der Waals surface area contributed by atoms with Gasteiger partial charge in [-0.05, 0) is 41.0 Å². The third-order valence-corrected chi connectivity index (χ3v) is 3.86. The number of ether oxygens (including phenoxy) is 5. The van der Waals surface area contributed by atoms with Gasteiger partial charge in [0.15, 0.2) is 0 Å². The number of hydrogen-bond acceptors (Lipinski definition) is 6. The Hall–Kier alpha value is 0.150. The summed E-state index contributed by atoms with van der Waals surface area (Å²) in [5.41, 5.74) is 0. The Bertz CT molecular complexity index is 302. The molecule has 152 valence electrons. The van der Waals surface area contributed by atoms with Crippen LogP contribution in [0.2, 0.25) is 0 Å². The SMILES string of the molecule is CCCC(C)OC(COC(C)C)C(OC(C)C)C(COCCS)OC. The van der Waals surface area contributed by atoms with E-state index in [-0.39, 0.29) is 36.6 Å². The summed E-state index contributed by atoms with van der Waals surface area (Å²) in [6, 6.07) is 0. The van der Waals surface area contributed by atoms with Crippen LogP contribution in [0.3, 0.4) is 0 Å². The summed E-state index contributed by atoms with van der Waals surface area (Å²) in [5.74, 6) is 0.677. The Morgan fingerprint density at radius 2 is 1.56 bits per heavy atom. The van der Waals surface area contributed by atoms with Gasteiger partial charge < -0.3 is 23.7 Å². The van der Waals surface area contributed by atoms with E-state index in [2.05, 4.69) is 26.5 Å². The van der Waals surface area contributed by atoms with Crippen molar-refractivity contribution in [2.24, 2.45) is 0 Å². The van der Waals surface area contributed by atoms with Gasteiger partial charge in [0.05, 0.1) is 38.1 Å². The molecule has 0 aliphatic heterocycles. The Kier molecular flexibility index (Phi) is 15.3. The lowest BCUT2D eigenvalue weighted by atomic mass is 10.1. The van der Waals surface area contributed by atoms with Gasteiger partial charge in [0.2, 0.25) is 0 Å². The van der Waals surface area contributed by atoms with Gasteiger partial charge in [-0.25, -0.2) is 0 Å². The van der Waals surface area contributed by atoms with Crippen molar-refractivity contribution in [3.8, 4) is 0 Å². The van der Waals surface area contributed by atoms with E-state index in [4.69, 9.17) is 23.7 Å². The van der Waals surface area contributed by atoms with E-state index in [9.17, 15) is 0 Å². The lowest BCUT2D eigenvalue weighted by Crippen LogP contribution is -2.49. The van der Waals surface area contributed by atoms with Crippen molar-refractivity contribution in [1.82, 2.24) is 0 Å². The van der Waals surface area contributed by atoms with E-state index < -0.39 is 0 Å². The molecular weight excluding hydrogens is 340 g/mol. The summed E-state index contributed by atoms with van der Waals surface area (Å²) in [6.45, 7) is 13.8. The van der Waals surface area contributed by atoms with Crippen molar-refractivity contribution >= 4 is 12.6 Å². The average molecular weight is 381 g/mol. The molecule has 0 aliphatic carbocycles. The van der Waals surface area contributed by atoms with Crippen LogP contribution in [-0.2, 0) is 23.7 Å². The van der Waals surface area contributed by atoms with Crippen molar-refractivity contribution in [2.75, 3.05) is 32.7 Å². The number of methoxy groups -OCH3 is 1. The lowest BCUT2D eigenvalue weighted by Gasteiger charge is -2.35. The third kappa shape index (κ3) is 12.2. The van der Waals surface area contributed by atoms with E-state index in [1.54, 1.807) is 7.11 Å². The molecule has 25 heavy (non-hydrogen) atoms. The smallest absolute Gasteiger partial charge is 0.115 e. The summed E-state index contributed by atoms with van der Waals surface area (Å²) < 4.78 is 29.7. The fourth-order valence-electron chi connectivity index (χ4n) is 2.56. The molecule has 5 nitrogen and oxygen atoms in total. The van der Waals surface area contributed by atoms with Crippen molar-refractivity contribution in [1.29, 1.82) is 0 Å². The Labute approximate surface area is 160 Å². The molecule has 0 heterocycles. The first-order valence-electron chi connectivity index (χ1n) is 9.49. The number of thiol groups is 1. The fourth-order valence-corrected chi connectivity index (χ4v) is 2.69. The van der Waals surface area contributed by atoms with Crippen LogP contribution in [-0.4, -0.2) is 69.3 Å². The van der Waals surface area contributed by atoms with Crippen LogP contribution in [0.5, 0.6) is 0 Å². The largest absolute Gasteiger partial charge is 0.378 e. The molecule has 0 spiro atoms. The van der Waals surface area contributed by atoms with E-state index >= 15 is 0 Å². The van der Waals surface area contributed by atoms with Crippen LogP contribution >= 0.6 is 12.6 Å². The molecular formula is C19H40O5S. The van der Waals surface area contributed by atoms with E-state index in [0.717, 1.165) is 12.8 Å². The lowest BCUT2D eigenvalue weighted by molar-refractivity contribution is -0.188. The first-order valence-corrected chi connectivity index (χ1v) is 10.1. The molecule has 0 saturated heterocycles. The molecule has 0 aliphatic rings. The molecule has 0 N–H and O–H groups in total. The first kappa shape index (κ1) is 25.1. The van der Waals surface area contributed by atoms with Gasteiger partial charge in [0, 0.05) is 12.9 Å². The fraction of sp³-hybridized carbons (Fsp3) is 1.00. The van der Waals surface area contributed by atoms with Crippen molar-refractivity contribution < 1.29 is 23.7 Å². The molecule has 0 aromatic heterocycles. The van der Waals surface area contributed by atoms with Crippen molar-refractivity contribution in [2.45, 2.75) is 91.0 Å². The topological polar surface area (TPSA) is 46.2 Å². The molecule has 4 unspecified atom stereocenters. The van der Waals surface area contributed by atoms with Gasteiger partial charge in [-0.15, -0.1) is 0 Å². The van der Waals surface area contributed by atoms with E-state index in [0.29, 0.717) is 25.6 Å². The van der Waals surface area contributed by atoms with Gasteiger partial charge in [-0.1, -0.05) is 13.3 Å². The van der Waals surface area contributed by atoms with Gasteiger partial charge in [0.1, 0.15) is 18.3 Å². The maximum absolute atomic E-state index is 6.29. The monoisotopic (exact) mass is 380 g/mol. The maximum atomic E-state index is 6.29. The second-order valence-corrected chi connectivity index (χ2v) is 7.33. The minimum atomic E-state index is -0.261. The standard InChI is InChI=1S/C19H40O5S/c1-8-9-16(6)24-18(13-22-14(2)3)19(23-15(4)5)17(20-7)12-21-10-11-25/h14-19,25H,8-13H2,1-7H3. The minimum absolute atomic E-state index is 0.0548. The predicted octanol–water partition coefficient (Wildman–Crippen LogP) is 3.74. The normalized spacial score (nSPS) is 17.0. The van der Waals surface area contributed by atoms with Crippen LogP contribution in [0, 0.1) is 0 Å². The molecule has 6 heteroatoms. The molecule has 0 radical (unpaired) electrons. The number of rotatable bonds is 16. The molecule has 0 rings (SSSR count). The molecule has 0 amide bonds. The summed E-state index contributed by atoms with van der Waals surface area (Å²) in [6.07, 6.45) is 1.71. The van der Waals surface area contributed by atoms with E-state index in [1.165, 1.54) is 0 Å². The molecule has 0 aromatic rings. The summed E-state index contributed by atoms with van der Waals surface area (Å²) in [7, 11) is 1.68. The molecule has 0 saturated carbocycles. The van der Waals surface area contributed by atoms with Gasteiger partial charge in [-0.2, -0.15) is 12.6 Å². The predicted molar refractivity (Wildman–Crippen MR) is 106 cm³/mol. The highest BCUT2D eigenvalue weighted by Crippen LogP contribution is 2.19. The Morgan fingerprint density at radius 3 is 2.04 bits per heavy atom. The summed E-state index contributed by atoms with van der Waals surface area (Å²) >= 11 is 4.18. The molecule has 0 fully saturated rings. The van der Waals surface area contributed by atoms with Gasteiger partial charge in [-0.3, -0.25) is 0 Å². The number of hydrogen-bond donors (Lipinski definition) is 1. The van der Waals surface area contributed by atoms with Crippen molar-refractivity contribution in [3.05, 3.63) is 0 Å². The minimum Gasteiger partial charge on any atom is -0.378 e. The molecule has 0 aromatic carbocycles. The second kappa shape index (κ2) is 15.2. The van der Waals surface area contributed by atoms with E-state index in [1.807, 2.05) is 27.7 Å². The Morgan fingerprint density at radius 1 is 0.880 bits per heavy atom. The maximum Gasteiger partial charge on any atom is 0.115 e. The van der Waals surface area contributed by atoms with Crippen LogP contribution in [0.4, 0.5) is 0 Å². The zero-order valence-electron chi connectivity index (χ0n) is 17.2. The van der Waals surface area contributed by atoms with Crippen LogP contribution in [0.1, 0.15) is 54.4 Å². The zero-order valence-corrected chi connectivity index (χ0v) is 18.1.